The van der Waals surface area contributed by atoms with Crippen molar-refractivity contribution in [2.24, 2.45) is 0 Å². The molecule has 4 heterocycles. The summed E-state index contributed by atoms with van der Waals surface area (Å²) in [6.45, 7) is 4.61. The highest BCUT2D eigenvalue weighted by molar-refractivity contribution is 5.77. The molecule has 1 aliphatic heterocycles. The highest BCUT2D eigenvalue weighted by Gasteiger charge is 2.29. The molecule has 7 heteroatoms. The van der Waals surface area contributed by atoms with Crippen molar-refractivity contribution in [3.8, 4) is 0 Å². The van der Waals surface area contributed by atoms with Crippen LogP contribution in [0, 0.1) is 13.8 Å². The number of hydrogen-bond donors (Lipinski definition) is 0. The second-order valence-corrected chi connectivity index (χ2v) is 6.89. The number of hydrogen-bond acceptors (Lipinski definition) is 5. The molecule has 0 unspecified atom stereocenters. The Balaban J connectivity index is 1.52. The van der Waals surface area contributed by atoms with Gasteiger partial charge in [0.1, 0.15) is 5.76 Å². The van der Waals surface area contributed by atoms with Gasteiger partial charge < -0.3 is 9.42 Å². The van der Waals surface area contributed by atoms with Gasteiger partial charge in [-0.05, 0) is 45.6 Å². The van der Waals surface area contributed by atoms with Gasteiger partial charge in [-0.2, -0.15) is 5.10 Å². The van der Waals surface area contributed by atoms with Crippen LogP contribution in [0.2, 0.25) is 0 Å². The molecule has 0 bridgehead atoms. The Morgan fingerprint density at radius 1 is 1.31 bits per heavy atom. The molecule has 1 aliphatic rings. The summed E-state index contributed by atoms with van der Waals surface area (Å²) in [7, 11) is 0. The molecular weight excluding hydrogens is 330 g/mol. The standard InChI is InChI=1S/C19H23N5O2/c1-13-15(14(2)26-22-13)6-7-19(25)23-11-4-3-5-17(23)16-9-12-24-18(21-16)8-10-20-24/h8-10,12,17H,3-7,11H2,1-2H3/t17-/m1/s1. The number of nitrogens with zero attached hydrogens (tertiary/aromatic N) is 5. The molecule has 0 radical (unpaired) electrons. The maximum absolute atomic E-state index is 12.9. The molecule has 0 saturated carbocycles. The fraction of sp³-hybridized carbons (Fsp3) is 0.474. The van der Waals surface area contributed by atoms with Crippen molar-refractivity contribution < 1.29 is 9.32 Å². The third-order valence-corrected chi connectivity index (χ3v) is 5.21. The Morgan fingerprint density at radius 2 is 2.19 bits per heavy atom. The van der Waals surface area contributed by atoms with Crippen LogP contribution in [-0.2, 0) is 11.2 Å². The third-order valence-electron chi connectivity index (χ3n) is 5.21. The number of likely N-dealkylation sites (tertiary alicyclic amines) is 1. The molecule has 26 heavy (non-hydrogen) atoms. The van der Waals surface area contributed by atoms with E-state index in [2.05, 4.69) is 10.3 Å². The van der Waals surface area contributed by atoms with Crippen LogP contribution < -0.4 is 0 Å². The molecule has 1 atom stereocenters. The van der Waals surface area contributed by atoms with E-state index in [-0.39, 0.29) is 11.9 Å². The fourth-order valence-corrected chi connectivity index (χ4v) is 3.78. The van der Waals surface area contributed by atoms with Crippen molar-refractivity contribution >= 4 is 11.6 Å². The quantitative estimate of drug-likeness (QED) is 0.720. The highest BCUT2D eigenvalue weighted by atomic mass is 16.5. The second kappa shape index (κ2) is 6.90. The number of carbonyl (C=O) groups is 1. The number of rotatable bonds is 4. The Kier molecular flexibility index (Phi) is 4.44. The van der Waals surface area contributed by atoms with Crippen LogP contribution in [-0.4, -0.2) is 37.1 Å². The Hall–Kier alpha value is -2.70. The SMILES string of the molecule is Cc1noc(C)c1CCC(=O)N1CCCC[C@@H]1c1ccn2nccc2n1. The smallest absolute Gasteiger partial charge is 0.223 e. The summed E-state index contributed by atoms with van der Waals surface area (Å²) >= 11 is 0. The number of carbonyl (C=O) groups excluding carboxylic acids is 1. The van der Waals surface area contributed by atoms with E-state index >= 15 is 0 Å². The van der Waals surface area contributed by atoms with Crippen molar-refractivity contribution in [1.82, 2.24) is 24.7 Å². The molecule has 3 aromatic rings. The van der Waals surface area contributed by atoms with Gasteiger partial charge >= 0.3 is 0 Å². The average Bonchev–Trinajstić information content (AvgIpc) is 3.25. The van der Waals surface area contributed by atoms with Crippen LogP contribution in [0.15, 0.2) is 29.0 Å². The Labute approximate surface area is 152 Å². The molecule has 136 valence electrons. The minimum absolute atomic E-state index is 0.0424. The predicted octanol–water partition coefficient (Wildman–Crippen LogP) is 3.02. The minimum atomic E-state index is 0.0424. The number of aryl methyl sites for hydroxylation is 2. The van der Waals surface area contributed by atoms with Gasteiger partial charge in [-0.25, -0.2) is 9.50 Å². The van der Waals surface area contributed by atoms with E-state index in [1.54, 1.807) is 10.7 Å². The molecule has 4 rings (SSSR count). The lowest BCUT2D eigenvalue weighted by atomic mass is 9.98. The van der Waals surface area contributed by atoms with Crippen LogP contribution in [0.25, 0.3) is 5.65 Å². The molecule has 0 aliphatic carbocycles. The summed E-state index contributed by atoms with van der Waals surface area (Å²) in [4.78, 5) is 19.7. The normalized spacial score (nSPS) is 17.8. The molecule has 1 fully saturated rings. The minimum Gasteiger partial charge on any atom is -0.361 e. The molecule has 0 aromatic carbocycles. The topological polar surface area (TPSA) is 76.5 Å². The van der Waals surface area contributed by atoms with Crippen molar-refractivity contribution in [2.75, 3.05) is 6.54 Å². The van der Waals surface area contributed by atoms with Gasteiger partial charge in [0.05, 0.1) is 23.6 Å². The van der Waals surface area contributed by atoms with Gasteiger partial charge in [-0.3, -0.25) is 4.79 Å². The number of amides is 1. The molecule has 0 N–H and O–H groups in total. The van der Waals surface area contributed by atoms with E-state index < -0.39 is 0 Å². The fourth-order valence-electron chi connectivity index (χ4n) is 3.78. The zero-order valence-electron chi connectivity index (χ0n) is 15.2. The van der Waals surface area contributed by atoms with Crippen LogP contribution in [0.4, 0.5) is 0 Å². The van der Waals surface area contributed by atoms with E-state index in [4.69, 9.17) is 9.51 Å². The molecule has 3 aromatic heterocycles. The molecule has 7 nitrogen and oxygen atoms in total. The first-order chi connectivity index (χ1) is 12.6. The van der Waals surface area contributed by atoms with E-state index in [1.165, 1.54) is 0 Å². The second-order valence-electron chi connectivity index (χ2n) is 6.89. The first-order valence-electron chi connectivity index (χ1n) is 9.15. The van der Waals surface area contributed by atoms with E-state index in [0.29, 0.717) is 12.8 Å². The van der Waals surface area contributed by atoms with E-state index in [0.717, 1.165) is 54.2 Å². The van der Waals surface area contributed by atoms with Crippen molar-refractivity contribution in [3.05, 3.63) is 47.2 Å². The first kappa shape index (κ1) is 16.8. The number of aromatic nitrogens is 4. The van der Waals surface area contributed by atoms with E-state index in [9.17, 15) is 4.79 Å². The first-order valence-corrected chi connectivity index (χ1v) is 9.15. The number of fused-ring (bicyclic) bond motifs is 1. The third kappa shape index (κ3) is 3.09. The summed E-state index contributed by atoms with van der Waals surface area (Å²) in [6.07, 6.45) is 7.90. The molecule has 1 amide bonds. The lowest BCUT2D eigenvalue weighted by Crippen LogP contribution is -2.39. The van der Waals surface area contributed by atoms with Crippen LogP contribution in [0.5, 0.6) is 0 Å². The predicted molar refractivity (Wildman–Crippen MR) is 95.6 cm³/mol. The summed E-state index contributed by atoms with van der Waals surface area (Å²) < 4.78 is 6.95. The van der Waals surface area contributed by atoms with Crippen LogP contribution in [0.1, 0.15) is 54.4 Å². The van der Waals surface area contributed by atoms with Crippen LogP contribution >= 0.6 is 0 Å². The highest BCUT2D eigenvalue weighted by Crippen LogP contribution is 2.31. The van der Waals surface area contributed by atoms with Gasteiger partial charge in [0.2, 0.25) is 5.91 Å². The van der Waals surface area contributed by atoms with Gasteiger partial charge in [0.25, 0.3) is 0 Å². The van der Waals surface area contributed by atoms with Crippen molar-refractivity contribution in [1.29, 1.82) is 0 Å². The molecule has 0 spiro atoms. The average molecular weight is 353 g/mol. The summed E-state index contributed by atoms with van der Waals surface area (Å²) in [5.74, 6) is 0.975. The monoisotopic (exact) mass is 353 g/mol. The van der Waals surface area contributed by atoms with Gasteiger partial charge in [0, 0.05) is 30.8 Å². The number of piperidine rings is 1. The van der Waals surface area contributed by atoms with Crippen molar-refractivity contribution in [3.63, 3.8) is 0 Å². The summed E-state index contributed by atoms with van der Waals surface area (Å²) in [5, 5.41) is 8.17. The van der Waals surface area contributed by atoms with Crippen LogP contribution in [0.3, 0.4) is 0 Å². The van der Waals surface area contributed by atoms with Gasteiger partial charge in [-0.1, -0.05) is 5.16 Å². The van der Waals surface area contributed by atoms with Gasteiger partial charge in [0.15, 0.2) is 5.65 Å². The lowest BCUT2D eigenvalue weighted by molar-refractivity contribution is -0.135. The molecule has 1 saturated heterocycles. The summed E-state index contributed by atoms with van der Waals surface area (Å²) in [5.41, 5.74) is 3.68. The zero-order chi connectivity index (χ0) is 18.1. The summed E-state index contributed by atoms with van der Waals surface area (Å²) in [6, 6.07) is 3.90. The van der Waals surface area contributed by atoms with Gasteiger partial charge in [-0.15, -0.1) is 0 Å². The Morgan fingerprint density at radius 3 is 3.00 bits per heavy atom. The lowest BCUT2D eigenvalue weighted by Gasteiger charge is -2.35. The maximum atomic E-state index is 12.9. The maximum Gasteiger partial charge on any atom is 0.223 e. The Bertz CT molecular complexity index is 910. The van der Waals surface area contributed by atoms with Crippen molar-refractivity contribution in [2.45, 2.75) is 52.0 Å². The largest absolute Gasteiger partial charge is 0.361 e. The zero-order valence-corrected chi connectivity index (χ0v) is 15.2. The van der Waals surface area contributed by atoms with E-state index in [1.807, 2.05) is 37.1 Å². The molecular formula is C19H23N5O2.